The van der Waals surface area contributed by atoms with Crippen LogP contribution in [-0.4, -0.2) is 49.8 Å². The maximum Gasteiger partial charge on any atom is 0.387 e. The van der Waals surface area contributed by atoms with Gasteiger partial charge in [0.25, 0.3) is 0 Å². The van der Waals surface area contributed by atoms with E-state index >= 15 is 0 Å². The van der Waals surface area contributed by atoms with E-state index in [9.17, 15) is 18.7 Å². The lowest BCUT2D eigenvalue weighted by Gasteiger charge is -2.29. The van der Waals surface area contributed by atoms with E-state index in [0.717, 1.165) is 24.1 Å². The van der Waals surface area contributed by atoms with Crippen LogP contribution in [0.3, 0.4) is 0 Å². The Bertz CT molecular complexity index is 928. The predicted molar refractivity (Wildman–Crippen MR) is 135 cm³/mol. The molecule has 0 spiro atoms. The van der Waals surface area contributed by atoms with E-state index in [1.807, 2.05) is 31.2 Å². The molecule has 1 aliphatic heterocycles. The molecule has 0 saturated carbocycles. The lowest BCUT2D eigenvalue weighted by Crippen LogP contribution is -2.41. The van der Waals surface area contributed by atoms with Gasteiger partial charge in [-0.25, -0.2) is 4.99 Å². The Labute approximate surface area is 209 Å². The molecule has 1 aliphatic rings. The van der Waals surface area contributed by atoms with Gasteiger partial charge >= 0.3 is 6.61 Å². The van der Waals surface area contributed by atoms with Crippen molar-refractivity contribution in [2.24, 2.45) is 4.99 Å². The Morgan fingerprint density at radius 3 is 2.61 bits per heavy atom. The molecule has 0 aromatic heterocycles. The van der Waals surface area contributed by atoms with Gasteiger partial charge in [-0.3, -0.25) is 4.79 Å². The quantitative estimate of drug-likeness (QED) is 0.256. The Morgan fingerprint density at radius 1 is 1.18 bits per heavy atom. The summed E-state index contributed by atoms with van der Waals surface area (Å²) in [6.45, 7) is 0.355. The number of guanidine groups is 1. The second kappa shape index (κ2) is 13.3. The number of benzene rings is 2. The number of para-hydroxylation sites is 1. The molecule has 7 nitrogen and oxygen atoms in total. The van der Waals surface area contributed by atoms with Gasteiger partial charge in [0.1, 0.15) is 12.3 Å². The minimum Gasteiger partial charge on any atom is -0.435 e. The number of fused-ring (bicyclic) bond motifs is 1. The number of aryl methyl sites for hydroxylation is 1. The van der Waals surface area contributed by atoms with Gasteiger partial charge in [0.05, 0.1) is 6.10 Å². The van der Waals surface area contributed by atoms with Gasteiger partial charge in [-0.1, -0.05) is 30.3 Å². The molecule has 0 saturated heterocycles. The van der Waals surface area contributed by atoms with Crippen LogP contribution in [0.4, 0.5) is 14.5 Å². The molecule has 0 radical (unpaired) electrons. The van der Waals surface area contributed by atoms with Gasteiger partial charge in [0.2, 0.25) is 5.91 Å². The largest absolute Gasteiger partial charge is 0.435 e. The lowest BCUT2D eigenvalue weighted by molar-refractivity contribution is -0.117. The molecule has 0 fully saturated rings. The number of aliphatic hydroxyl groups is 1. The molecule has 1 unspecified atom stereocenters. The number of halogens is 3. The summed E-state index contributed by atoms with van der Waals surface area (Å²) in [5, 5.41) is 16.5. The predicted octanol–water partition coefficient (Wildman–Crippen LogP) is 3.47. The highest BCUT2D eigenvalue weighted by atomic mass is 127. The molecule has 2 aromatic carbocycles. The number of amides is 1. The summed E-state index contributed by atoms with van der Waals surface area (Å²) in [7, 11) is 0. The summed E-state index contributed by atoms with van der Waals surface area (Å²) in [5.74, 6) is 0.337. The Kier molecular flexibility index (Phi) is 10.8. The first-order valence-corrected chi connectivity index (χ1v) is 10.6. The highest BCUT2D eigenvalue weighted by molar-refractivity contribution is 14.0. The summed E-state index contributed by atoms with van der Waals surface area (Å²) < 4.78 is 28.8. The fourth-order valence-electron chi connectivity index (χ4n) is 3.55. The molecule has 33 heavy (non-hydrogen) atoms. The third-order valence-corrected chi connectivity index (χ3v) is 5.08. The number of carbonyl (C=O) groups is 1. The number of carbonyl (C=O) groups excluding carboxylic acids is 1. The number of anilines is 1. The minimum atomic E-state index is -2.90. The zero-order chi connectivity index (χ0) is 22.9. The third-order valence-electron chi connectivity index (χ3n) is 5.08. The molecule has 1 heterocycles. The van der Waals surface area contributed by atoms with Gasteiger partial charge in [0.15, 0.2) is 5.96 Å². The van der Waals surface area contributed by atoms with E-state index in [1.54, 1.807) is 4.90 Å². The number of aliphatic hydroxyl groups excluding tert-OH is 1. The number of rotatable bonds is 8. The number of hydrogen-bond donors (Lipinski definition) is 3. The molecule has 3 N–H and O–H groups in total. The normalized spacial score (nSPS) is 14.2. The van der Waals surface area contributed by atoms with Crippen LogP contribution >= 0.6 is 24.0 Å². The molecule has 3 rings (SSSR count). The number of aliphatic imine (C=N–C) groups is 1. The van der Waals surface area contributed by atoms with Crippen LogP contribution in [0.1, 0.15) is 30.6 Å². The average Bonchev–Trinajstić information content (AvgIpc) is 2.80. The van der Waals surface area contributed by atoms with Gasteiger partial charge in [-0.15, -0.1) is 24.0 Å². The first kappa shape index (κ1) is 26.8. The summed E-state index contributed by atoms with van der Waals surface area (Å²) in [6, 6.07) is 13.7. The van der Waals surface area contributed by atoms with Crippen molar-refractivity contribution in [1.82, 2.24) is 10.6 Å². The van der Waals surface area contributed by atoms with Crippen LogP contribution in [-0.2, 0) is 11.2 Å². The maximum absolute atomic E-state index is 12.8. The average molecular weight is 574 g/mol. The number of nitrogens with zero attached hydrogens (tertiary/aromatic N) is 2. The minimum absolute atomic E-state index is 0. The van der Waals surface area contributed by atoms with Crippen LogP contribution < -0.4 is 20.3 Å². The smallest absolute Gasteiger partial charge is 0.387 e. The molecule has 10 heteroatoms. The fourth-order valence-corrected chi connectivity index (χ4v) is 3.55. The second-order valence-electron chi connectivity index (χ2n) is 7.32. The zero-order valence-corrected chi connectivity index (χ0v) is 20.7. The second-order valence-corrected chi connectivity index (χ2v) is 7.32. The lowest BCUT2D eigenvalue weighted by atomic mass is 10.0. The fraction of sp³-hybridized carbons (Fsp3) is 0.391. The number of hydrogen-bond acceptors (Lipinski definition) is 4. The maximum atomic E-state index is 12.8. The summed E-state index contributed by atoms with van der Waals surface area (Å²) in [6.07, 6.45) is 0.975. The standard InChI is InChI=1S/C23H28F2N4O3.HI/c1-2-26-23(27-14-20(30)17-9-11-18(12-10-17)32-22(24)25)28-15-21(31)29-13-5-7-16-6-3-4-8-19(16)29;/h3-4,6,8-12,20,22,30H,2,5,7,13-15H2,1H3,(H2,26,27,28);1H. The van der Waals surface area contributed by atoms with Crippen LogP contribution in [0.25, 0.3) is 0 Å². The van der Waals surface area contributed by atoms with Crippen molar-refractivity contribution >= 4 is 41.5 Å². The van der Waals surface area contributed by atoms with Crippen molar-refractivity contribution < 1.29 is 23.4 Å². The van der Waals surface area contributed by atoms with E-state index in [-0.39, 0.29) is 48.7 Å². The van der Waals surface area contributed by atoms with Crippen LogP contribution in [0.5, 0.6) is 5.75 Å². The SMILES string of the molecule is CCNC(=NCC(=O)N1CCCc2ccccc21)NCC(O)c1ccc(OC(F)F)cc1.I. The highest BCUT2D eigenvalue weighted by Crippen LogP contribution is 2.26. The Morgan fingerprint density at radius 2 is 1.91 bits per heavy atom. The molecule has 1 amide bonds. The van der Waals surface area contributed by atoms with Crippen LogP contribution in [0.2, 0.25) is 0 Å². The first-order valence-electron chi connectivity index (χ1n) is 10.6. The van der Waals surface area contributed by atoms with Crippen LogP contribution in [0, 0.1) is 0 Å². The molecule has 1 atom stereocenters. The molecule has 0 aliphatic carbocycles. The first-order chi connectivity index (χ1) is 15.5. The molecule has 180 valence electrons. The summed E-state index contributed by atoms with van der Waals surface area (Å²) in [5.41, 5.74) is 2.64. The zero-order valence-electron chi connectivity index (χ0n) is 18.3. The molecule has 2 aromatic rings. The Balaban J connectivity index is 0.00000385. The monoisotopic (exact) mass is 574 g/mol. The Hall–Kier alpha value is -2.47. The van der Waals surface area contributed by atoms with E-state index in [1.165, 1.54) is 24.3 Å². The summed E-state index contributed by atoms with van der Waals surface area (Å²) in [4.78, 5) is 18.9. The van der Waals surface area contributed by atoms with Gasteiger partial charge in [-0.05, 0) is 49.1 Å². The molecular weight excluding hydrogens is 545 g/mol. The van der Waals surface area contributed by atoms with E-state index in [2.05, 4.69) is 20.4 Å². The number of ether oxygens (including phenoxy) is 1. The van der Waals surface area contributed by atoms with Crippen molar-refractivity contribution in [3.63, 3.8) is 0 Å². The number of nitrogens with one attached hydrogen (secondary N) is 2. The summed E-state index contributed by atoms with van der Waals surface area (Å²) >= 11 is 0. The highest BCUT2D eigenvalue weighted by Gasteiger charge is 2.21. The van der Waals surface area contributed by atoms with Crippen molar-refractivity contribution in [3.8, 4) is 5.75 Å². The molecule has 0 bridgehead atoms. The third kappa shape index (κ3) is 7.81. The molecular formula is C23H29F2IN4O3. The van der Waals surface area contributed by atoms with Gasteiger partial charge < -0.3 is 25.4 Å². The van der Waals surface area contributed by atoms with Crippen molar-refractivity contribution in [2.75, 3.05) is 31.1 Å². The van der Waals surface area contributed by atoms with Crippen molar-refractivity contribution in [3.05, 3.63) is 59.7 Å². The van der Waals surface area contributed by atoms with E-state index in [0.29, 0.717) is 24.6 Å². The van der Waals surface area contributed by atoms with E-state index in [4.69, 9.17) is 0 Å². The van der Waals surface area contributed by atoms with Gasteiger partial charge in [-0.2, -0.15) is 8.78 Å². The van der Waals surface area contributed by atoms with Crippen molar-refractivity contribution in [1.29, 1.82) is 0 Å². The van der Waals surface area contributed by atoms with E-state index < -0.39 is 12.7 Å². The topological polar surface area (TPSA) is 86.2 Å². The van der Waals surface area contributed by atoms with Gasteiger partial charge in [0, 0.05) is 25.3 Å². The van der Waals surface area contributed by atoms with Crippen molar-refractivity contribution in [2.45, 2.75) is 32.5 Å². The van der Waals surface area contributed by atoms with Crippen LogP contribution in [0.15, 0.2) is 53.5 Å². The number of alkyl halides is 2.